The first-order chi connectivity index (χ1) is 13.4. The summed E-state index contributed by atoms with van der Waals surface area (Å²) in [6.07, 6.45) is -0.443. The van der Waals surface area contributed by atoms with E-state index in [0.29, 0.717) is 33.7 Å². The van der Waals surface area contributed by atoms with Crippen molar-refractivity contribution in [2.75, 3.05) is 0 Å². The van der Waals surface area contributed by atoms with Gasteiger partial charge in [0, 0.05) is 17.6 Å². The molecule has 0 unspecified atom stereocenters. The van der Waals surface area contributed by atoms with Crippen molar-refractivity contribution in [3.05, 3.63) is 69.4 Å². The maximum Gasteiger partial charge on any atom is 0.272 e. The van der Waals surface area contributed by atoms with Crippen LogP contribution in [0.4, 0.5) is 0 Å². The van der Waals surface area contributed by atoms with E-state index in [1.165, 1.54) is 0 Å². The number of hydrogen-bond acceptors (Lipinski definition) is 6. The lowest BCUT2D eigenvalue weighted by Crippen LogP contribution is -2.21. The van der Waals surface area contributed by atoms with Crippen LogP contribution in [0, 0.1) is 6.92 Å². The summed E-state index contributed by atoms with van der Waals surface area (Å²) >= 11 is 5.98. The largest absolute Gasteiger partial charge is 0.481 e. The average Bonchev–Trinajstić information content (AvgIpc) is 3.16. The lowest BCUT2D eigenvalue weighted by Gasteiger charge is -2.10. The summed E-state index contributed by atoms with van der Waals surface area (Å²) in [4.78, 5) is 20.8. The molecule has 4 aromatic rings. The summed E-state index contributed by atoms with van der Waals surface area (Å²) in [5.41, 5.74) is 2.48. The first-order valence-electron chi connectivity index (χ1n) is 8.66. The highest BCUT2D eigenvalue weighted by Gasteiger charge is 2.18. The topological polar surface area (TPSA) is 83.0 Å². The van der Waals surface area contributed by atoms with Crippen LogP contribution in [0.25, 0.3) is 22.4 Å². The van der Waals surface area contributed by atoms with Gasteiger partial charge < -0.3 is 13.8 Å². The zero-order valence-corrected chi connectivity index (χ0v) is 16.3. The first kappa shape index (κ1) is 18.2. The lowest BCUT2D eigenvalue weighted by molar-refractivity contribution is 0.176. The van der Waals surface area contributed by atoms with Crippen LogP contribution in [0.15, 0.2) is 51.8 Å². The molecule has 0 N–H and O–H groups in total. The molecule has 2 aromatic heterocycles. The van der Waals surface area contributed by atoms with Gasteiger partial charge in [0.2, 0.25) is 5.82 Å². The van der Waals surface area contributed by atoms with Crippen molar-refractivity contribution >= 4 is 22.6 Å². The van der Waals surface area contributed by atoms with Gasteiger partial charge in [-0.25, -0.2) is 4.98 Å². The zero-order chi connectivity index (χ0) is 19.8. The van der Waals surface area contributed by atoms with Gasteiger partial charge in [0.1, 0.15) is 11.4 Å². The molecule has 0 saturated heterocycles. The third kappa shape index (κ3) is 3.36. The van der Waals surface area contributed by atoms with Crippen molar-refractivity contribution in [2.45, 2.75) is 20.0 Å². The molecule has 0 aliphatic rings. The van der Waals surface area contributed by atoms with E-state index in [0.717, 1.165) is 11.1 Å². The summed E-state index contributed by atoms with van der Waals surface area (Å²) < 4.78 is 12.8. The molecule has 0 aliphatic heterocycles. The van der Waals surface area contributed by atoms with Crippen molar-refractivity contribution < 1.29 is 9.26 Å². The smallest absolute Gasteiger partial charge is 0.272 e. The highest BCUT2D eigenvalue weighted by atomic mass is 35.5. The normalized spacial score (nSPS) is 12.3. The fourth-order valence-corrected chi connectivity index (χ4v) is 3.11. The molecule has 7 nitrogen and oxygen atoms in total. The van der Waals surface area contributed by atoms with Crippen LogP contribution in [0.3, 0.4) is 0 Å². The van der Waals surface area contributed by atoms with E-state index >= 15 is 0 Å². The number of halogens is 1. The summed E-state index contributed by atoms with van der Waals surface area (Å²) in [7, 11) is 1.72. The van der Waals surface area contributed by atoms with E-state index in [1.54, 1.807) is 42.8 Å². The van der Waals surface area contributed by atoms with Crippen LogP contribution < -0.4 is 10.3 Å². The molecule has 2 heterocycles. The Labute approximate surface area is 165 Å². The van der Waals surface area contributed by atoms with E-state index in [4.69, 9.17) is 20.9 Å². The summed E-state index contributed by atoms with van der Waals surface area (Å²) in [6.45, 7) is 3.51. The molecule has 28 heavy (non-hydrogen) atoms. The maximum absolute atomic E-state index is 12.0. The van der Waals surface area contributed by atoms with E-state index in [2.05, 4.69) is 15.1 Å². The second-order valence-electron chi connectivity index (χ2n) is 6.44. The molecule has 2 aromatic carbocycles. The first-order valence-corrected chi connectivity index (χ1v) is 9.04. The van der Waals surface area contributed by atoms with Crippen LogP contribution in [0.1, 0.15) is 24.6 Å². The van der Waals surface area contributed by atoms with Crippen LogP contribution in [-0.2, 0) is 7.05 Å². The predicted molar refractivity (Wildman–Crippen MR) is 106 cm³/mol. The molecule has 142 valence electrons. The van der Waals surface area contributed by atoms with Crippen molar-refractivity contribution in [1.82, 2.24) is 19.7 Å². The van der Waals surface area contributed by atoms with E-state index in [1.807, 2.05) is 25.1 Å². The Balaban J connectivity index is 1.63. The SMILES string of the molecule is Cc1nc2cc(-c3noc([C@H](C)Oc4cccc(Cl)c4)n3)ccc2n(C)c1=O. The van der Waals surface area contributed by atoms with E-state index in [-0.39, 0.29) is 5.56 Å². The van der Waals surface area contributed by atoms with Gasteiger partial charge in [0.25, 0.3) is 11.4 Å². The number of hydrogen-bond donors (Lipinski definition) is 0. The number of ether oxygens (including phenoxy) is 1. The monoisotopic (exact) mass is 396 g/mol. The summed E-state index contributed by atoms with van der Waals surface area (Å²) in [5, 5.41) is 4.63. The van der Waals surface area contributed by atoms with E-state index in [9.17, 15) is 4.79 Å². The molecule has 4 rings (SSSR count). The molecule has 0 spiro atoms. The Morgan fingerprint density at radius 2 is 2.00 bits per heavy atom. The number of fused-ring (bicyclic) bond motifs is 1. The quantitative estimate of drug-likeness (QED) is 0.516. The molecule has 0 fully saturated rings. The predicted octanol–water partition coefficient (Wildman–Crippen LogP) is 4.09. The molecule has 1 atom stereocenters. The van der Waals surface area contributed by atoms with Crippen molar-refractivity contribution in [2.24, 2.45) is 7.05 Å². The van der Waals surface area contributed by atoms with Crippen molar-refractivity contribution in [3.8, 4) is 17.1 Å². The van der Waals surface area contributed by atoms with Crippen molar-refractivity contribution in [1.29, 1.82) is 0 Å². The highest BCUT2D eigenvalue weighted by molar-refractivity contribution is 6.30. The Hall–Kier alpha value is -3.19. The van der Waals surface area contributed by atoms with Gasteiger partial charge in [0.15, 0.2) is 6.10 Å². The summed E-state index contributed by atoms with van der Waals surface area (Å²) in [6, 6.07) is 12.6. The van der Waals surface area contributed by atoms with Crippen molar-refractivity contribution in [3.63, 3.8) is 0 Å². The molecular weight excluding hydrogens is 380 g/mol. The lowest BCUT2D eigenvalue weighted by atomic mass is 10.1. The molecule has 0 amide bonds. The van der Waals surface area contributed by atoms with Gasteiger partial charge in [0.05, 0.1) is 11.0 Å². The Morgan fingerprint density at radius 1 is 1.18 bits per heavy atom. The number of benzene rings is 2. The third-order valence-corrected chi connectivity index (χ3v) is 4.63. The minimum absolute atomic E-state index is 0.117. The van der Waals surface area contributed by atoms with Crippen LogP contribution in [0.2, 0.25) is 5.02 Å². The Bertz CT molecular complexity index is 1230. The number of rotatable bonds is 4. The second-order valence-corrected chi connectivity index (χ2v) is 6.87. The fourth-order valence-electron chi connectivity index (χ4n) is 2.93. The van der Waals surface area contributed by atoms with Gasteiger partial charge in [-0.15, -0.1) is 0 Å². The van der Waals surface area contributed by atoms with Crippen LogP contribution in [-0.4, -0.2) is 19.7 Å². The van der Waals surface area contributed by atoms with Crippen LogP contribution in [0.5, 0.6) is 5.75 Å². The van der Waals surface area contributed by atoms with Crippen LogP contribution >= 0.6 is 11.6 Å². The molecule has 0 saturated carbocycles. The Morgan fingerprint density at radius 3 is 2.79 bits per heavy atom. The standard InChI is InChI=1S/C20H17ClN4O3/c1-11-20(26)25(3)17-8-7-13(9-16(17)22-11)18-23-19(28-24-18)12(2)27-15-6-4-5-14(21)10-15/h4-10,12H,1-3H3/t12-/m0/s1. The molecular formula is C20H17ClN4O3. The number of aromatic nitrogens is 4. The molecule has 0 bridgehead atoms. The number of aryl methyl sites for hydroxylation is 2. The minimum atomic E-state index is -0.443. The van der Waals surface area contributed by atoms with Gasteiger partial charge >= 0.3 is 0 Å². The molecule has 8 heteroatoms. The minimum Gasteiger partial charge on any atom is -0.481 e. The fraction of sp³-hybridized carbons (Fsp3) is 0.200. The molecule has 0 aliphatic carbocycles. The maximum atomic E-state index is 12.0. The number of nitrogens with zero attached hydrogens (tertiary/aromatic N) is 4. The average molecular weight is 397 g/mol. The summed E-state index contributed by atoms with van der Waals surface area (Å²) in [5.74, 6) is 1.39. The van der Waals surface area contributed by atoms with Gasteiger partial charge in [-0.1, -0.05) is 22.8 Å². The van der Waals surface area contributed by atoms with Gasteiger partial charge in [-0.3, -0.25) is 4.79 Å². The van der Waals surface area contributed by atoms with E-state index < -0.39 is 6.10 Å². The van der Waals surface area contributed by atoms with Gasteiger partial charge in [-0.05, 0) is 50.2 Å². The molecule has 0 radical (unpaired) electrons. The third-order valence-electron chi connectivity index (χ3n) is 4.40. The zero-order valence-electron chi connectivity index (χ0n) is 15.5. The highest BCUT2D eigenvalue weighted by Crippen LogP contribution is 2.26. The van der Waals surface area contributed by atoms with Gasteiger partial charge in [-0.2, -0.15) is 4.98 Å². The Kier molecular flexibility index (Phi) is 4.60. The second kappa shape index (κ2) is 7.09.